The van der Waals surface area contributed by atoms with Gasteiger partial charge in [-0.1, -0.05) is 12.1 Å². The van der Waals surface area contributed by atoms with Crippen LogP contribution in [0.25, 0.3) is 0 Å². The zero-order valence-corrected chi connectivity index (χ0v) is 14.6. The Kier molecular flexibility index (Phi) is 6.99. The third-order valence-corrected chi connectivity index (χ3v) is 4.88. The first kappa shape index (κ1) is 19.1. The van der Waals surface area contributed by atoms with Crippen LogP contribution in [0.1, 0.15) is 37.7 Å². The molecule has 1 saturated carbocycles. The lowest BCUT2D eigenvalue weighted by atomic mass is 10.0. The van der Waals surface area contributed by atoms with Crippen LogP contribution in [0.4, 0.5) is 8.78 Å². The van der Waals surface area contributed by atoms with Crippen molar-refractivity contribution >= 4 is 18.3 Å². The summed E-state index contributed by atoms with van der Waals surface area (Å²) in [6.07, 6.45) is 5.14. The number of piperidine rings is 1. The predicted molar refractivity (Wildman–Crippen MR) is 92.3 cm³/mol. The summed E-state index contributed by atoms with van der Waals surface area (Å²) in [5.41, 5.74) is 0.277. The first-order chi connectivity index (χ1) is 11.1. The molecule has 1 aromatic carbocycles. The van der Waals surface area contributed by atoms with Crippen molar-refractivity contribution in [1.82, 2.24) is 10.2 Å². The summed E-state index contributed by atoms with van der Waals surface area (Å²) < 4.78 is 26.8. The van der Waals surface area contributed by atoms with Crippen molar-refractivity contribution in [2.75, 3.05) is 19.6 Å². The number of amides is 1. The normalized spacial score (nSPS) is 18.3. The van der Waals surface area contributed by atoms with Crippen molar-refractivity contribution in [1.29, 1.82) is 0 Å². The highest BCUT2D eigenvalue weighted by molar-refractivity contribution is 5.85. The van der Waals surface area contributed by atoms with Crippen LogP contribution in [0.3, 0.4) is 0 Å². The van der Waals surface area contributed by atoms with Gasteiger partial charge in [0.05, 0.1) is 0 Å². The van der Waals surface area contributed by atoms with Gasteiger partial charge in [-0.25, -0.2) is 8.78 Å². The van der Waals surface area contributed by atoms with Gasteiger partial charge >= 0.3 is 0 Å². The van der Waals surface area contributed by atoms with E-state index in [1.807, 2.05) is 4.90 Å². The van der Waals surface area contributed by atoms with Crippen molar-refractivity contribution in [2.45, 2.75) is 44.6 Å². The number of nitrogens with one attached hydrogen (secondary N) is 1. The molecule has 2 fully saturated rings. The minimum absolute atomic E-state index is 0. The van der Waals surface area contributed by atoms with Crippen LogP contribution in [0.15, 0.2) is 18.2 Å². The molecule has 134 valence electrons. The van der Waals surface area contributed by atoms with Crippen molar-refractivity contribution in [3.05, 3.63) is 35.4 Å². The van der Waals surface area contributed by atoms with E-state index in [0.717, 1.165) is 44.5 Å². The first-order valence-electron chi connectivity index (χ1n) is 8.57. The van der Waals surface area contributed by atoms with E-state index >= 15 is 0 Å². The summed E-state index contributed by atoms with van der Waals surface area (Å²) in [5.74, 6) is -0.772. The van der Waals surface area contributed by atoms with E-state index in [1.165, 1.54) is 18.9 Å². The van der Waals surface area contributed by atoms with Crippen molar-refractivity contribution in [3.63, 3.8) is 0 Å². The first-order valence-corrected chi connectivity index (χ1v) is 8.57. The molecular weight excluding hydrogens is 334 g/mol. The number of likely N-dealkylation sites (tertiary alicyclic amines) is 1. The molecular formula is C18H25ClF2N2O. The monoisotopic (exact) mass is 358 g/mol. The highest BCUT2D eigenvalue weighted by Gasteiger charge is 2.25. The fraction of sp³-hybridized carbons (Fsp3) is 0.611. The van der Waals surface area contributed by atoms with Gasteiger partial charge in [0, 0.05) is 25.6 Å². The Balaban J connectivity index is 0.00000208. The molecule has 1 N–H and O–H groups in total. The summed E-state index contributed by atoms with van der Waals surface area (Å²) in [5, 5.41) is 3.59. The largest absolute Gasteiger partial charge is 0.343 e. The Morgan fingerprint density at radius 3 is 2.54 bits per heavy atom. The van der Waals surface area contributed by atoms with Crippen LogP contribution in [-0.2, 0) is 11.2 Å². The van der Waals surface area contributed by atoms with Gasteiger partial charge in [0.15, 0.2) is 11.6 Å². The maximum absolute atomic E-state index is 13.6. The maximum atomic E-state index is 13.6. The van der Waals surface area contributed by atoms with Crippen molar-refractivity contribution in [3.8, 4) is 0 Å². The molecule has 0 aromatic heterocycles. The van der Waals surface area contributed by atoms with Gasteiger partial charge in [-0.3, -0.25) is 4.79 Å². The molecule has 1 aliphatic carbocycles. The molecule has 3 nitrogen and oxygen atoms in total. The lowest BCUT2D eigenvalue weighted by Gasteiger charge is -2.32. The highest BCUT2D eigenvalue weighted by atomic mass is 35.5. The van der Waals surface area contributed by atoms with E-state index in [1.54, 1.807) is 6.07 Å². The molecule has 1 aliphatic heterocycles. The quantitative estimate of drug-likeness (QED) is 0.846. The van der Waals surface area contributed by atoms with Gasteiger partial charge in [0.25, 0.3) is 0 Å². The number of halogens is 3. The molecule has 1 heterocycles. The summed E-state index contributed by atoms with van der Waals surface area (Å²) >= 11 is 0. The van der Waals surface area contributed by atoms with E-state index in [0.29, 0.717) is 6.04 Å². The van der Waals surface area contributed by atoms with Crippen molar-refractivity contribution < 1.29 is 13.6 Å². The lowest BCUT2D eigenvalue weighted by molar-refractivity contribution is -0.132. The Morgan fingerprint density at radius 1 is 1.17 bits per heavy atom. The average molecular weight is 359 g/mol. The molecule has 6 heteroatoms. The predicted octanol–water partition coefficient (Wildman–Crippen LogP) is 3.31. The summed E-state index contributed by atoms with van der Waals surface area (Å²) in [4.78, 5) is 14.1. The third-order valence-electron chi connectivity index (χ3n) is 4.88. The number of carbonyl (C=O) groups is 1. The molecule has 1 aromatic rings. The second-order valence-corrected chi connectivity index (χ2v) is 6.72. The molecule has 0 spiro atoms. The van der Waals surface area contributed by atoms with Crippen LogP contribution in [0.5, 0.6) is 0 Å². The average Bonchev–Trinajstić information content (AvgIpc) is 3.39. The fourth-order valence-electron chi connectivity index (χ4n) is 3.13. The standard InChI is InChI=1S/C18H24F2N2O.ClH/c19-16-3-1-2-14(18(16)20)6-7-17(23)22-10-8-15(9-11-22)21-12-13-4-5-13;/h1-3,13,15,21H,4-12H2;1H. The Bertz CT molecular complexity index is 558. The molecule has 3 rings (SSSR count). The van der Waals surface area contributed by atoms with Crippen LogP contribution >= 0.6 is 12.4 Å². The molecule has 1 saturated heterocycles. The van der Waals surface area contributed by atoms with E-state index < -0.39 is 11.6 Å². The van der Waals surface area contributed by atoms with Crippen LogP contribution < -0.4 is 5.32 Å². The molecule has 24 heavy (non-hydrogen) atoms. The van der Waals surface area contributed by atoms with E-state index in [-0.39, 0.29) is 36.7 Å². The summed E-state index contributed by atoms with van der Waals surface area (Å²) in [6.45, 7) is 2.62. The number of rotatable bonds is 6. The van der Waals surface area contributed by atoms with Gasteiger partial charge in [-0.2, -0.15) is 0 Å². The zero-order valence-electron chi connectivity index (χ0n) is 13.8. The van der Waals surface area contributed by atoms with Gasteiger partial charge < -0.3 is 10.2 Å². The molecule has 1 amide bonds. The van der Waals surface area contributed by atoms with Gasteiger partial charge in [-0.05, 0) is 56.2 Å². The molecule has 0 bridgehead atoms. The number of carbonyl (C=O) groups excluding carboxylic acids is 1. The van der Waals surface area contributed by atoms with E-state index in [9.17, 15) is 13.6 Å². The summed E-state index contributed by atoms with van der Waals surface area (Å²) in [6, 6.07) is 4.63. The van der Waals surface area contributed by atoms with Crippen LogP contribution in [-0.4, -0.2) is 36.5 Å². The fourth-order valence-corrected chi connectivity index (χ4v) is 3.13. The second-order valence-electron chi connectivity index (χ2n) is 6.72. The molecule has 0 atom stereocenters. The zero-order chi connectivity index (χ0) is 16.2. The van der Waals surface area contributed by atoms with Gasteiger partial charge in [-0.15, -0.1) is 12.4 Å². The van der Waals surface area contributed by atoms with Crippen molar-refractivity contribution in [2.24, 2.45) is 5.92 Å². The number of nitrogens with zero attached hydrogens (tertiary/aromatic N) is 1. The van der Waals surface area contributed by atoms with Gasteiger partial charge in [0.2, 0.25) is 5.91 Å². The highest BCUT2D eigenvalue weighted by Crippen LogP contribution is 2.28. The number of aryl methyl sites for hydroxylation is 1. The number of hydrogen-bond acceptors (Lipinski definition) is 2. The lowest BCUT2D eigenvalue weighted by Crippen LogP contribution is -2.45. The molecule has 0 radical (unpaired) electrons. The second kappa shape index (κ2) is 8.77. The SMILES string of the molecule is Cl.O=C(CCc1cccc(F)c1F)N1CCC(NCC2CC2)CC1. The third kappa shape index (κ3) is 5.15. The van der Waals surface area contributed by atoms with E-state index in [4.69, 9.17) is 0 Å². The van der Waals surface area contributed by atoms with Crippen LogP contribution in [0, 0.1) is 17.6 Å². The molecule has 2 aliphatic rings. The van der Waals surface area contributed by atoms with E-state index in [2.05, 4.69) is 5.32 Å². The van der Waals surface area contributed by atoms with Crippen LogP contribution in [0.2, 0.25) is 0 Å². The van der Waals surface area contributed by atoms with Gasteiger partial charge in [0.1, 0.15) is 0 Å². The smallest absolute Gasteiger partial charge is 0.222 e. The molecule has 0 unspecified atom stereocenters. The Morgan fingerprint density at radius 2 is 1.88 bits per heavy atom. The Labute approximate surface area is 148 Å². The number of hydrogen-bond donors (Lipinski definition) is 1. The maximum Gasteiger partial charge on any atom is 0.222 e. The Hall–Kier alpha value is -1.20. The minimum atomic E-state index is -0.850. The summed E-state index contributed by atoms with van der Waals surface area (Å²) in [7, 11) is 0. The number of benzene rings is 1. The minimum Gasteiger partial charge on any atom is -0.343 e. The topological polar surface area (TPSA) is 32.3 Å².